The van der Waals surface area contributed by atoms with E-state index >= 15 is 0 Å². The quantitative estimate of drug-likeness (QED) is 0.814. The molecular formula is C13H18N4O2S2. The van der Waals surface area contributed by atoms with Crippen molar-refractivity contribution >= 4 is 27.2 Å². The molecule has 0 spiro atoms. The topological polar surface area (TPSA) is 84.0 Å². The van der Waals surface area contributed by atoms with Gasteiger partial charge in [0.25, 0.3) is 0 Å². The molecule has 2 aromatic rings. The predicted molar refractivity (Wildman–Crippen MR) is 83.9 cm³/mol. The summed E-state index contributed by atoms with van der Waals surface area (Å²) >= 11 is 1.49. The maximum atomic E-state index is 12.1. The van der Waals surface area contributed by atoms with Gasteiger partial charge >= 0.3 is 0 Å². The van der Waals surface area contributed by atoms with Crippen LogP contribution in [0.5, 0.6) is 0 Å². The number of rotatable bonds is 7. The van der Waals surface area contributed by atoms with Crippen LogP contribution in [0.3, 0.4) is 0 Å². The van der Waals surface area contributed by atoms with Crippen molar-refractivity contribution in [1.82, 2.24) is 14.7 Å². The second-order valence-corrected chi connectivity index (χ2v) is 7.32. The van der Waals surface area contributed by atoms with E-state index in [2.05, 4.69) is 26.9 Å². The molecule has 114 valence electrons. The molecule has 0 saturated carbocycles. The van der Waals surface area contributed by atoms with Crippen LogP contribution in [0.4, 0.5) is 5.82 Å². The molecule has 0 aromatic carbocycles. The molecule has 0 amide bonds. The van der Waals surface area contributed by atoms with Gasteiger partial charge in [-0.05, 0) is 25.5 Å². The number of hydrogen-bond acceptors (Lipinski definition) is 6. The van der Waals surface area contributed by atoms with Crippen LogP contribution in [0.25, 0.3) is 0 Å². The van der Waals surface area contributed by atoms with E-state index in [4.69, 9.17) is 0 Å². The molecule has 0 fully saturated rings. The lowest BCUT2D eigenvalue weighted by Crippen LogP contribution is -2.23. The molecule has 0 bridgehead atoms. The van der Waals surface area contributed by atoms with Crippen molar-refractivity contribution in [2.45, 2.75) is 31.7 Å². The highest BCUT2D eigenvalue weighted by Gasteiger charge is 2.14. The van der Waals surface area contributed by atoms with Crippen molar-refractivity contribution in [3.05, 3.63) is 34.4 Å². The number of nitrogens with one attached hydrogen (secondary N) is 2. The van der Waals surface area contributed by atoms with E-state index in [1.807, 2.05) is 12.3 Å². The van der Waals surface area contributed by atoms with Crippen LogP contribution in [0.2, 0.25) is 0 Å². The molecule has 2 N–H and O–H groups in total. The third-order valence-corrected chi connectivity index (χ3v) is 4.92. The van der Waals surface area contributed by atoms with Gasteiger partial charge in [-0.1, -0.05) is 6.92 Å². The minimum atomic E-state index is -3.56. The Labute approximate surface area is 128 Å². The summed E-state index contributed by atoms with van der Waals surface area (Å²) in [5, 5.41) is 5.85. The van der Waals surface area contributed by atoms with E-state index in [0.29, 0.717) is 5.82 Å². The van der Waals surface area contributed by atoms with Crippen LogP contribution in [0.1, 0.15) is 24.0 Å². The number of hydrogen-bond donors (Lipinski definition) is 2. The zero-order valence-electron chi connectivity index (χ0n) is 12.0. The first-order chi connectivity index (χ1) is 10.0. The molecule has 0 radical (unpaired) electrons. The molecule has 0 aliphatic rings. The largest absolute Gasteiger partial charge is 0.370 e. The molecular weight excluding hydrogens is 308 g/mol. The Morgan fingerprint density at radius 1 is 1.33 bits per heavy atom. The van der Waals surface area contributed by atoms with Gasteiger partial charge in [0.05, 0.1) is 17.2 Å². The fraction of sp³-hybridized carbons (Fsp3) is 0.385. The molecule has 2 rings (SSSR count). The Bertz CT molecular complexity index is 680. The van der Waals surface area contributed by atoms with Crippen LogP contribution in [-0.2, 0) is 16.6 Å². The van der Waals surface area contributed by atoms with E-state index in [-0.39, 0.29) is 11.4 Å². The summed E-state index contributed by atoms with van der Waals surface area (Å²) in [4.78, 5) is 8.47. The first-order valence-corrected chi connectivity index (χ1v) is 8.98. The van der Waals surface area contributed by atoms with Gasteiger partial charge in [-0.3, -0.25) is 0 Å². The molecule has 0 unspecified atom stereocenters. The number of aromatic nitrogens is 2. The molecule has 2 heterocycles. The molecule has 0 aliphatic carbocycles. The number of aryl methyl sites for hydroxylation is 1. The Morgan fingerprint density at radius 3 is 2.71 bits per heavy atom. The van der Waals surface area contributed by atoms with Crippen molar-refractivity contribution < 1.29 is 8.42 Å². The van der Waals surface area contributed by atoms with E-state index in [1.54, 1.807) is 12.1 Å². The van der Waals surface area contributed by atoms with Gasteiger partial charge in [-0.2, -0.15) is 0 Å². The fourth-order valence-corrected chi connectivity index (χ4v) is 3.19. The van der Waals surface area contributed by atoms with Crippen molar-refractivity contribution in [2.24, 2.45) is 0 Å². The number of nitrogens with zero attached hydrogens (tertiary/aromatic N) is 2. The zero-order chi connectivity index (χ0) is 15.3. The highest BCUT2D eigenvalue weighted by atomic mass is 32.2. The van der Waals surface area contributed by atoms with Gasteiger partial charge in [0.2, 0.25) is 10.0 Å². The SMILES string of the molecule is CCCNc1ccc(S(=O)(=O)NCc2csc(C)n2)cn1. The van der Waals surface area contributed by atoms with Crippen LogP contribution < -0.4 is 10.0 Å². The molecule has 21 heavy (non-hydrogen) atoms. The van der Waals surface area contributed by atoms with Crippen LogP contribution in [0, 0.1) is 6.92 Å². The van der Waals surface area contributed by atoms with Crippen molar-refractivity contribution in [3.8, 4) is 0 Å². The van der Waals surface area contributed by atoms with E-state index in [9.17, 15) is 8.42 Å². The number of sulfonamides is 1. The Hall–Kier alpha value is -1.51. The van der Waals surface area contributed by atoms with Crippen LogP contribution >= 0.6 is 11.3 Å². The minimum Gasteiger partial charge on any atom is -0.370 e. The smallest absolute Gasteiger partial charge is 0.242 e. The monoisotopic (exact) mass is 326 g/mol. The summed E-state index contributed by atoms with van der Waals surface area (Å²) < 4.78 is 26.8. The number of thiazole rings is 1. The molecule has 0 saturated heterocycles. The summed E-state index contributed by atoms with van der Waals surface area (Å²) in [6.45, 7) is 4.92. The summed E-state index contributed by atoms with van der Waals surface area (Å²) in [5.41, 5.74) is 0.718. The first-order valence-electron chi connectivity index (χ1n) is 6.62. The molecule has 0 atom stereocenters. The summed E-state index contributed by atoms with van der Waals surface area (Å²) in [7, 11) is -3.56. The molecule has 8 heteroatoms. The second kappa shape index (κ2) is 6.97. The van der Waals surface area contributed by atoms with Gasteiger partial charge in [-0.15, -0.1) is 11.3 Å². The molecule has 2 aromatic heterocycles. The van der Waals surface area contributed by atoms with Gasteiger partial charge in [-0.25, -0.2) is 23.1 Å². The summed E-state index contributed by atoms with van der Waals surface area (Å²) in [6, 6.07) is 3.21. The van der Waals surface area contributed by atoms with Crippen molar-refractivity contribution in [2.75, 3.05) is 11.9 Å². The number of anilines is 1. The lowest BCUT2D eigenvalue weighted by molar-refractivity contribution is 0.580. The third-order valence-electron chi connectivity index (χ3n) is 2.71. The van der Waals surface area contributed by atoms with Crippen LogP contribution in [0.15, 0.2) is 28.6 Å². The van der Waals surface area contributed by atoms with E-state index in [0.717, 1.165) is 23.7 Å². The standard InChI is InChI=1S/C13H18N4O2S2/c1-3-6-14-13-5-4-12(8-15-13)21(18,19)16-7-11-9-20-10(2)17-11/h4-5,8-9,16H,3,6-7H2,1-2H3,(H,14,15). The summed E-state index contributed by atoms with van der Waals surface area (Å²) in [6.07, 6.45) is 2.34. The number of pyridine rings is 1. The Morgan fingerprint density at radius 2 is 2.14 bits per heavy atom. The highest BCUT2D eigenvalue weighted by molar-refractivity contribution is 7.89. The minimum absolute atomic E-state index is 0.150. The first kappa shape index (κ1) is 15.9. The average Bonchev–Trinajstić information content (AvgIpc) is 2.89. The van der Waals surface area contributed by atoms with Gasteiger partial charge in [0, 0.05) is 18.1 Å². The molecule has 6 nitrogen and oxygen atoms in total. The lowest BCUT2D eigenvalue weighted by Gasteiger charge is -2.07. The highest BCUT2D eigenvalue weighted by Crippen LogP contribution is 2.12. The second-order valence-electron chi connectivity index (χ2n) is 4.49. The van der Waals surface area contributed by atoms with Crippen molar-refractivity contribution in [1.29, 1.82) is 0 Å². The fourth-order valence-electron chi connectivity index (χ4n) is 1.64. The maximum absolute atomic E-state index is 12.1. The Kier molecular flexibility index (Phi) is 5.27. The van der Waals surface area contributed by atoms with Gasteiger partial charge in [0.15, 0.2) is 0 Å². The van der Waals surface area contributed by atoms with E-state index in [1.165, 1.54) is 17.5 Å². The molecule has 0 aliphatic heterocycles. The van der Waals surface area contributed by atoms with Gasteiger partial charge < -0.3 is 5.32 Å². The predicted octanol–water partition coefficient (Wildman–Crippen LogP) is 2.15. The van der Waals surface area contributed by atoms with Crippen LogP contribution in [-0.4, -0.2) is 24.9 Å². The third kappa shape index (κ3) is 4.48. The van der Waals surface area contributed by atoms with E-state index < -0.39 is 10.0 Å². The van der Waals surface area contributed by atoms with Crippen molar-refractivity contribution in [3.63, 3.8) is 0 Å². The lowest BCUT2D eigenvalue weighted by atomic mass is 10.4. The van der Waals surface area contributed by atoms with Gasteiger partial charge in [0.1, 0.15) is 10.7 Å². The average molecular weight is 326 g/mol. The maximum Gasteiger partial charge on any atom is 0.242 e. The summed E-state index contributed by atoms with van der Waals surface area (Å²) in [5.74, 6) is 0.672. The Balaban J connectivity index is 2.01. The normalized spacial score (nSPS) is 11.5. The zero-order valence-corrected chi connectivity index (χ0v) is 13.6.